The van der Waals surface area contributed by atoms with Gasteiger partial charge in [-0.15, -0.1) is 0 Å². The van der Waals surface area contributed by atoms with Crippen LogP contribution in [0.1, 0.15) is 40.0 Å². The number of hydrogen-bond donors (Lipinski definition) is 2. The molecule has 1 amide bonds. The van der Waals surface area contributed by atoms with Gasteiger partial charge in [-0.1, -0.05) is 6.07 Å². The minimum Gasteiger partial charge on any atom is -0.326 e. The second kappa shape index (κ2) is 6.24. The van der Waals surface area contributed by atoms with Crippen molar-refractivity contribution in [2.45, 2.75) is 37.5 Å². The summed E-state index contributed by atoms with van der Waals surface area (Å²) in [5, 5.41) is 0. The average Bonchev–Trinajstić information content (AvgIpc) is 2.53. The first-order chi connectivity index (χ1) is 11.4. The zero-order valence-electron chi connectivity index (χ0n) is 13.3. The Balaban J connectivity index is 1.88. The van der Waals surface area contributed by atoms with Crippen LogP contribution in [0.3, 0.4) is 0 Å². The molecule has 7 heteroatoms. The highest BCUT2D eigenvalue weighted by Gasteiger charge is 2.22. The third kappa shape index (κ3) is 3.26. The molecular weight excluding hydrogens is 328 g/mol. The zero-order valence-corrected chi connectivity index (χ0v) is 14.1. The number of nitrogens with one attached hydrogen (secondary N) is 2. The summed E-state index contributed by atoms with van der Waals surface area (Å²) < 4.78 is 26.8. The lowest BCUT2D eigenvalue weighted by Gasteiger charge is -2.16. The molecule has 126 valence electrons. The van der Waals surface area contributed by atoms with Crippen molar-refractivity contribution in [3.8, 4) is 0 Å². The Morgan fingerprint density at radius 1 is 1.08 bits per heavy atom. The number of aromatic nitrogens is 1. The van der Waals surface area contributed by atoms with Crippen molar-refractivity contribution in [2.24, 2.45) is 0 Å². The monoisotopic (exact) mass is 346 g/mol. The van der Waals surface area contributed by atoms with Gasteiger partial charge in [0.25, 0.3) is 21.5 Å². The molecule has 1 heterocycles. The van der Waals surface area contributed by atoms with E-state index in [2.05, 4.69) is 4.98 Å². The molecule has 0 saturated heterocycles. The van der Waals surface area contributed by atoms with E-state index in [1.54, 1.807) is 25.1 Å². The number of benzene rings is 1. The molecule has 0 atom stereocenters. The minimum absolute atomic E-state index is 0.0417. The van der Waals surface area contributed by atoms with E-state index in [0.717, 1.165) is 36.8 Å². The van der Waals surface area contributed by atoms with Crippen LogP contribution in [0.4, 0.5) is 0 Å². The van der Waals surface area contributed by atoms with Crippen LogP contribution in [0.2, 0.25) is 0 Å². The summed E-state index contributed by atoms with van der Waals surface area (Å²) in [5.74, 6) is -0.936. The predicted octanol–water partition coefficient (Wildman–Crippen LogP) is 1.68. The van der Waals surface area contributed by atoms with Gasteiger partial charge in [0.2, 0.25) is 0 Å². The first kappa shape index (κ1) is 16.4. The van der Waals surface area contributed by atoms with Crippen LogP contribution in [-0.4, -0.2) is 19.3 Å². The zero-order chi connectivity index (χ0) is 17.3. The van der Waals surface area contributed by atoms with E-state index >= 15 is 0 Å². The van der Waals surface area contributed by atoms with E-state index in [-0.39, 0.29) is 10.5 Å². The lowest BCUT2D eigenvalue weighted by molar-refractivity contribution is 0.0980. The van der Waals surface area contributed by atoms with E-state index in [1.165, 1.54) is 12.1 Å². The largest absolute Gasteiger partial charge is 0.326 e. The summed E-state index contributed by atoms with van der Waals surface area (Å²) in [6, 6.07) is 7.77. The second-order valence-electron chi connectivity index (χ2n) is 5.96. The summed E-state index contributed by atoms with van der Waals surface area (Å²) in [4.78, 5) is 26.4. The molecule has 24 heavy (non-hydrogen) atoms. The lowest BCUT2D eigenvalue weighted by atomic mass is 9.92. The van der Waals surface area contributed by atoms with Crippen molar-refractivity contribution in [3.63, 3.8) is 0 Å². The Morgan fingerprint density at radius 2 is 1.79 bits per heavy atom. The van der Waals surface area contributed by atoms with Crippen molar-refractivity contribution < 1.29 is 13.2 Å². The summed E-state index contributed by atoms with van der Waals surface area (Å²) >= 11 is 0. The normalized spacial score (nSPS) is 14.0. The molecule has 2 N–H and O–H groups in total. The Hall–Kier alpha value is -2.41. The van der Waals surface area contributed by atoms with Gasteiger partial charge in [0, 0.05) is 5.69 Å². The van der Waals surface area contributed by atoms with Crippen LogP contribution < -0.4 is 10.3 Å². The number of aromatic amines is 1. The summed E-state index contributed by atoms with van der Waals surface area (Å²) in [6.45, 7) is 1.67. The number of fused-ring (bicyclic) bond motifs is 1. The third-order valence-electron chi connectivity index (χ3n) is 4.16. The SMILES string of the molecule is Cc1ccc(C(=O)NS(=O)(=O)c2ccc3c(c2)CCCC3)c(=O)[nH]1. The molecule has 0 bridgehead atoms. The smallest absolute Gasteiger partial charge is 0.270 e. The van der Waals surface area contributed by atoms with Crippen LogP contribution in [-0.2, 0) is 22.9 Å². The van der Waals surface area contributed by atoms with Gasteiger partial charge in [0.15, 0.2) is 0 Å². The highest BCUT2D eigenvalue weighted by molar-refractivity contribution is 7.90. The van der Waals surface area contributed by atoms with Crippen molar-refractivity contribution in [3.05, 3.63) is 63.1 Å². The van der Waals surface area contributed by atoms with Gasteiger partial charge >= 0.3 is 0 Å². The summed E-state index contributed by atoms with van der Waals surface area (Å²) in [6.07, 6.45) is 3.92. The molecule has 0 fully saturated rings. The fourth-order valence-corrected chi connectivity index (χ4v) is 3.88. The van der Waals surface area contributed by atoms with Crippen LogP contribution in [0.5, 0.6) is 0 Å². The van der Waals surface area contributed by atoms with E-state index in [0.29, 0.717) is 5.69 Å². The van der Waals surface area contributed by atoms with Gasteiger partial charge in [-0.05, 0) is 68.0 Å². The van der Waals surface area contributed by atoms with Gasteiger partial charge in [0.05, 0.1) is 4.90 Å². The van der Waals surface area contributed by atoms with Crippen LogP contribution in [0.25, 0.3) is 0 Å². The van der Waals surface area contributed by atoms with Crippen LogP contribution in [0, 0.1) is 6.92 Å². The Morgan fingerprint density at radius 3 is 2.50 bits per heavy atom. The molecule has 1 aromatic heterocycles. The molecule has 1 aromatic carbocycles. The molecule has 3 rings (SSSR count). The minimum atomic E-state index is -4.02. The molecule has 2 aromatic rings. The van der Waals surface area contributed by atoms with Crippen molar-refractivity contribution >= 4 is 15.9 Å². The van der Waals surface area contributed by atoms with Gasteiger partial charge < -0.3 is 4.98 Å². The topological polar surface area (TPSA) is 96.1 Å². The fourth-order valence-electron chi connectivity index (χ4n) is 2.86. The molecule has 0 unspecified atom stereocenters. The van der Waals surface area contributed by atoms with Gasteiger partial charge in [-0.2, -0.15) is 0 Å². The summed E-state index contributed by atoms with van der Waals surface area (Å²) in [7, 11) is -4.02. The second-order valence-corrected chi connectivity index (χ2v) is 7.64. The molecule has 0 radical (unpaired) electrons. The van der Waals surface area contributed by atoms with E-state index in [1.807, 2.05) is 4.72 Å². The number of sulfonamides is 1. The molecular formula is C17H18N2O4S. The van der Waals surface area contributed by atoms with Gasteiger partial charge in [0.1, 0.15) is 5.56 Å². The molecule has 0 aliphatic heterocycles. The van der Waals surface area contributed by atoms with Crippen LogP contribution >= 0.6 is 0 Å². The number of H-pyrrole nitrogens is 1. The van der Waals surface area contributed by atoms with Crippen molar-refractivity contribution in [2.75, 3.05) is 0 Å². The maximum atomic E-state index is 12.4. The van der Waals surface area contributed by atoms with Crippen LogP contribution in [0.15, 0.2) is 40.0 Å². The predicted molar refractivity (Wildman–Crippen MR) is 89.5 cm³/mol. The molecule has 0 spiro atoms. The number of carbonyl (C=O) groups excluding carboxylic acids is 1. The maximum absolute atomic E-state index is 12.4. The first-order valence-corrected chi connectivity index (χ1v) is 9.24. The number of carbonyl (C=O) groups is 1. The average molecular weight is 346 g/mol. The fraction of sp³-hybridized carbons (Fsp3) is 0.294. The van der Waals surface area contributed by atoms with Crippen molar-refractivity contribution in [1.82, 2.24) is 9.71 Å². The molecule has 1 aliphatic rings. The number of aryl methyl sites for hydroxylation is 3. The number of rotatable bonds is 3. The number of amides is 1. The standard InChI is InChI=1S/C17H18N2O4S/c1-11-6-9-15(16(20)18-11)17(21)19-24(22,23)14-8-7-12-4-2-3-5-13(12)10-14/h6-10H,2-5H2,1H3,(H,18,20)(H,19,21). The summed E-state index contributed by atoms with van der Waals surface area (Å²) in [5.41, 5.74) is 1.90. The number of pyridine rings is 1. The Labute approximate surface area is 140 Å². The Kier molecular flexibility index (Phi) is 4.28. The highest BCUT2D eigenvalue weighted by Crippen LogP contribution is 2.24. The maximum Gasteiger partial charge on any atom is 0.270 e. The van der Waals surface area contributed by atoms with E-state index in [4.69, 9.17) is 0 Å². The van der Waals surface area contributed by atoms with Gasteiger partial charge in [-0.3, -0.25) is 9.59 Å². The van der Waals surface area contributed by atoms with E-state index in [9.17, 15) is 18.0 Å². The molecule has 6 nitrogen and oxygen atoms in total. The Bertz CT molecular complexity index is 961. The number of hydrogen-bond acceptors (Lipinski definition) is 4. The van der Waals surface area contributed by atoms with Gasteiger partial charge in [-0.25, -0.2) is 13.1 Å². The highest BCUT2D eigenvalue weighted by atomic mass is 32.2. The first-order valence-electron chi connectivity index (χ1n) is 7.76. The van der Waals surface area contributed by atoms with E-state index < -0.39 is 21.5 Å². The molecule has 0 saturated carbocycles. The molecule has 1 aliphatic carbocycles. The van der Waals surface area contributed by atoms with Crippen molar-refractivity contribution in [1.29, 1.82) is 0 Å². The quantitative estimate of drug-likeness (QED) is 0.884. The lowest BCUT2D eigenvalue weighted by Crippen LogP contribution is -2.34. The third-order valence-corrected chi connectivity index (χ3v) is 5.49.